The lowest BCUT2D eigenvalue weighted by atomic mass is 9.82. The van der Waals surface area contributed by atoms with Gasteiger partial charge in [-0.3, -0.25) is 9.78 Å². The normalized spacial score (nSPS) is 22.4. The van der Waals surface area contributed by atoms with Crippen molar-refractivity contribution in [1.29, 1.82) is 0 Å². The quantitative estimate of drug-likeness (QED) is 0.893. The van der Waals surface area contributed by atoms with Crippen molar-refractivity contribution in [2.75, 3.05) is 0 Å². The fraction of sp³-hybridized carbons (Fsp3) is 0.286. The number of carbonyl (C=O) groups excluding carboxylic acids is 1. The van der Waals surface area contributed by atoms with Gasteiger partial charge in [-0.1, -0.05) is 18.2 Å². The molecule has 2 N–H and O–H groups in total. The highest BCUT2D eigenvalue weighted by molar-refractivity contribution is 5.84. The number of carbonyl (C=O) groups is 1. The molecular weight excluding hydrogens is 228 g/mol. The average Bonchev–Trinajstić information content (AvgIpc) is 2.33. The lowest BCUT2D eigenvalue weighted by Crippen LogP contribution is -2.41. The van der Waals surface area contributed by atoms with E-state index < -0.39 is 0 Å². The van der Waals surface area contributed by atoms with Crippen LogP contribution in [-0.4, -0.2) is 17.0 Å². The molecule has 0 saturated heterocycles. The lowest BCUT2D eigenvalue weighted by molar-refractivity contribution is -0.127. The number of primary amides is 1. The molecule has 1 heterocycles. The number of pyridine rings is 1. The van der Waals surface area contributed by atoms with Crippen molar-refractivity contribution >= 4 is 16.8 Å². The van der Waals surface area contributed by atoms with Gasteiger partial charge in [-0.25, -0.2) is 0 Å². The maximum Gasteiger partial charge on any atom is 0.220 e. The third-order valence-electron chi connectivity index (χ3n) is 3.39. The van der Waals surface area contributed by atoms with Gasteiger partial charge in [-0.2, -0.15) is 0 Å². The van der Waals surface area contributed by atoms with Crippen LogP contribution in [0.15, 0.2) is 36.5 Å². The van der Waals surface area contributed by atoms with Gasteiger partial charge in [0.25, 0.3) is 0 Å². The molecule has 1 aromatic carbocycles. The standard InChI is InChI=1S/C14H14N2O2/c15-14(17)10-7-11(8-10)18-12-5-1-3-9-4-2-6-16-13(9)12/h1-6,10-11H,7-8H2,(H2,15,17)/t10-,11-. The average molecular weight is 242 g/mol. The molecule has 0 bridgehead atoms. The number of nitrogens with zero attached hydrogens (tertiary/aromatic N) is 1. The summed E-state index contributed by atoms with van der Waals surface area (Å²) in [7, 11) is 0. The summed E-state index contributed by atoms with van der Waals surface area (Å²) in [4.78, 5) is 15.3. The van der Waals surface area contributed by atoms with Crippen LogP contribution in [0.3, 0.4) is 0 Å². The molecule has 0 aliphatic heterocycles. The first-order chi connectivity index (χ1) is 8.74. The molecule has 4 heteroatoms. The zero-order chi connectivity index (χ0) is 12.5. The Bertz CT molecular complexity index is 586. The zero-order valence-electron chi connectivity index (χ0n) is 9.87. The van der Waals surface area contributed by atoms with Crippen molar-refractivity contribution in [1.82, 2.24) is 4.98 Å². The fourth-order valence-corrected chi connectivity index (χ4v) is 2.25. The van der Waals surface area contributed by atoms with E-state index in [1.54, 1.807) is 6.20 Å². The largest absolute Gasteiger partial charge is 0.488 e. The van der Waals surface area contributed by atoms with Crippen molar-refractivity contribution < 1.29 is 9.53 Å². The molecule has 92 valence electrons. The van der Waals surface area contributed by atoms with Gasteiger partial charge < -0.3 is 10.5 Å². The number of nitrogens with two attached hydrogens (primary N) is 1. The number of aromatic nitrogens is 1. The number of ether oxygens (including phenoxy) is 1. The SMILES string of the molecule is NC(=O)[C@H]1C[C@H](Oc2cccc3cccnc23)C1. The molecule has 1 aliphatic carbocycles. The van der Waals surface area contributed by atoms with Gasteiger partial charge in [-0.15, -0.1) is 0 Å². The smallest absolute Gasteiger partial charge is 0.220 e. The minimum absolute atomic E-state index is 0.0297. The summed E-state index contributed by atoms with van der Waals surface area (Å²) in [5.41, 5.74) is 6.10. The second-order valence-electron chi connectivity index (χ2n) is 4.64. The van der Waals surface area contributed by atoms with Crippen molar-refractivity contribution in [3.63, 3.8) is 0 Å². The van der Waals surface area contributed by atoms with Gasteiger partial charge >= 0.3 is 0 Å². The van der Waals surface area contributed by atoms with E-state index in [0.29, 0.717) is 12.8 Å². The number of rotatable bonds is 3. The van der Waals surface area contributed by atoms with Crippen molar-refractivity contribution in [2.45, 2.75) is 18.9 Å². The summed E-state index contributed by atoms with van der Waals surface area (Å²) in [5.74, 6) is 0.518. The van der Waals surface area contributed by atoms with E-state index in [0.717, 1.165) is 16.7 Å². The predicted molar refractivity (Wildman–Crippen MR) is 68.1 cm³/mol. The van der Waals surface area contributed by atoms with Gasteiger partial charge in [0.1, 0.15) is 17.4 Å². The van der Waals surface area contributed by atoms with Crippen LogP contribution >= 0.6 is 0 Å². The fourth-order valence-electron chi connectivity index (χ4n) is 2.25. The van der Waals surface area contributed by atoms with Crippen molar-refractivity contribution in [2.24, 2.45) is 11.7 Å². The third-order valence-corrected chi connectivity index (χ3v) is 3.39. The van der Waals surface area contributed by atoms with Crippen LogP contribution in [0.2, 0.25) is 0 Å². The third kappa shape index (κ3) is 1.90. The first kappa shape index (κ1) is 11.0. The van der Waals surface area contributed by atoms with Gasteiger partial charge in [0.05, 0.1) is 0 Å². The minimum Gasteiger partial charge on any atom is -0.488 e. The number of amides is 1. The molecule has 0 atom stereocenters. The Balaban J connectivity index is 1.78. The topological polar surface area (TPSA) is 65.2 Å². The Morgan fingerprint density at radius 3 is 2.83 bits per heavy atom. The van der Waals surface area contributed by atoms with Crippen LogP contribution < -0.4 is 10.5 Å². The van der Waals surface area contributed by atoms with Gasteiger partial charge in [-0.05, 0) is 25.0 Å². The molecule has 18 heavy (non-hydrogen) atoms. The summed E-state index contributed by atoms with van der Waals surface area (Å²) < 4.78 is 5.87. The number of hydrogen-bond acceptors (Lipinski definition) is 3. The van der Waals surface area contributed by atoms with Gasteiger partial charge in [0.2, 0.25) is 5.91 Å². The van der Waals surface area contributed by atoms with Gasteiger partial charge in [0, 0.05) is 17.5 Å². The monoisotopic (exact) mass is 242 g/mol. The summed E-state index contributed by atoms with van der Waals surface area (Å²) in [6.07, 6.45) is 3.24. The Hall–Kier alpha value is -2.10. The second kappa shape index (κ2) is 4.29. The van der Waals surface area contributed by atoms with Crippen LogP contribution in [-0.2, 0) is 4.79 Å². The van der Waals surface area contributed by atoms with Crippen LogP contribution in [0.25, 0.3) is 10.9 Å². The van der Waals surface area contributed by atoms with E-state index in [2.05, 4.69) is 4.98 Å². The van der Waals surface area contributed by atoms with E-state index in [1.165, 1.54) is 0 Å². The van der Waals surface area contributed by atoms with Crippen LogP contribution in [0.1, 0.15) is 12.8 Å². The highest BCUT2D eigenvalue weighted by atomic mass is 16.5. The summed E-state index contributed by atoms with van der Waals surface area (Å²) in [6.45, 7) is 0. The lowest BCUT2D eigenvalue weighted by Gasteiger charge is -2.33. The highest BCUT2D eigenvalue weighted by Gasteiger charge is 2.34. The second-order valence-corrected chi connectivity index (χ2v) is 4.64. The maximum absolute atomic E-state index is 10.9. The summed E-state index contributed by atoms with van der Waals surface area (Å²) in [6, 6.07) is 9.76. The van der Waals surface area contributed by atoms with E-state index in [9.17, 15) is 4.79 Å². The Morgan fingerprint density at radius 1 is 1.28 bits per heavy atom. The number of para-hydroxylation sites is 1. The molecule has 1 saturated carbocycles. The maximum atomic E-state index is 10.9. The first-order valence-electron chi connectivity index (χ1n) is 6.04. The molecule has 1 aliphatic rings. The molecule has 2 aromatic rings. The van der Waals surface area contributed by atoms with E-state index >= 15 is 0 Å². The Morgan fingerprint density at radius 2 is 2.06 bits per heavy atom. The molecule has 1 aromatic heterocycles. The zero-order valence-corrected chi connectivity index (χ0v) is 9.87. The number of fused-ring (bicyclic) bond motifs is 1. The minimum atomic E-state index is -0.231. The first-order valence-corrected chi connectivity index (χ1v) is 6.04. The van der Waals surface area contributed by atoms with E-state index in [1.807, 2.05) is 30.3 Å². The van der Waals surface area contributed by atoms with E-state index in [4.69, 9.17) is 10.5 Å². The van der Waals surface area contributed by atoms with Gasteiger partial charge in [0.15, 0.2) is 0 Å². The molecule has 4 nitrogen and oxygen atoms in total. The Kier molecular flexibility index (Phi) is 2.63. The molecule has 0 spiro atoms. The molecule has 3 rings (SSSR count). The molecule has 0 unspecified atom stereocenters. The van der Waals surface area contributed by atoms with Crippen LogP contribution in [0.4, 0.5) is 0 Å². The number of hydrogen-bond donors (Lipinski definition) is 1. The molecule has 1 amide bonds. The molecular formula is C14H14N2O2. The van der Waals surface area contributed by atoms with Crippen LogP contribution in [0, 0.1) is 5.92 Å². The Labute approximate surface area is 105 Å². The summed E-state index contributed by atoms with van der Waals surface area (Å²) in [5, 5.41) is 1.06. The number of benzene rings is 1. The molecule has 0 radical (unpaired) electrons. The van der Waals surface area contributed by atoms with Crippen molar-refractivity contribution in [3.05, 3.63) is 36.5 Å². The van der Waals surface area contributed by atoms with E-state index in [-0.39, 0.29) is 17.9 Å². The van der Waals surface area contributed by atoms with Crippen molar-refractivity contribution in [3.8, 4) is 5.75 Å². The van der Waals surface area contributed by atoms with Crippen LogP contribution in [0.5, 0.6) is 5.75 Å². The predicted octanol–water partition coefficient (Wildman–Crippen LogP) is 1.88. The summed E-state index contributed by atoms with van der Waals surface area (Å²) >= 11 is 0. The molecule has 1 fully saturated rings. The highest BCUT2D eigenvalue weighted by Crippen LogP contribution is 2.33.